The molecule has 0 aromatic heterocycles. The van der Waals surface area contributed by atoms with Crippen LogP contribution in [-0.2, 0) is 23.9 Å². The number of rotatable bonds is 9. The van der Waals surface area contributed by atoms with Crippen LogP contribution >= 0.6 is 11.6 Å². The lowest BCUT2D eigenvalue weighted by Gasteiger charge is -2.21. The van der Waals surface area contributed by atoms with Gasteiger partial charge in [0.1, 0.15) is 12.6 Å². The Morgan fingerprint density at radius 3 is 2.33 bits per heavy atom. The summed E-state index contributed by atoms with van der Waals surface area (Å²) < 4.78 is 9.46. The van der Waals surface area contributed by atoms with E-state index in [-0.39, 0.29) is 5.92 Å². The van der Waals surface area contributed by atoms with E-state index in [9.17, 15) is 19.2 Å². The highest BCUT2D eigenvalue weighted by Crippen LogP contribution is 2.10. The highest BCUT2D eigenvalue weighted by atomic mass is 35.5. The maximum absolute atomic E-state index is 11.9. The molecule has 0 heterocycles. The molecule has 0 radical (unpaired) electrons. The molecule has 0 bridgehead atoms. The molecule has 1 aromatic carbocycles. The van der Waals surface area contributed by atoms with Gasteiger partial charge in [-0.05, 0) is 30.2 Å². The van der Waals surface area contributed by atoms with Crippen LogP contribution in [0.3, 0.4) is 0 Å². The van der Waals surface area contributed by atoms with E-state index in [0.29, 0.717) is 17.0 Å². The number of hydrogen-bond donors (Lipinski definition) is 2. The van der Waals surface area contributed by atoms with Crippen LogP contribution in [0.4, 0.5) is 0 Å². The topological polar surface area (TPSA) is 111 Å². The molecular formula is C18H23ClN2O6. The Morgan fingerprint density at radius 2 is 1.78 bits per heavy atom. The van der Waals surface area contributed by atoms with Crippen LogP contribution < -0.4 is 10.6 Å². The maximum Gasteiger partial charge on any atom is 0.328 e. The van der Waals surface area contributed by atoms with Crippen molar-refractivity contribution in [2.45, 2.75) is 26.3 Å². The van der Waals surface area contributed by atoms with Gasteiger partial charge in [-0.15, -0.1) is 0 Å². The maximum atomic E-state index is 11.9. The number of nitrogens with one attached hydrogen (secondary N) is 2. The molecule has 0 fully saturated rings. The molecule has 0 saturated heterocycles. The second kappa shape index (κ2) is 11.2. The van der Waals surface area contributed by atoms with E-state index in [2.05, 4.69) is 15.4 Å². The smallest absolute Gasteiger partial charge is 0.328 e. The van der Waals surface area contributed by atoms with Crippen LogP contribution in [0.25, 0.3) is 0 Å². The molecule has 0 spiro atoms. The molecule has 2 atom stereocenters. The minimum absolute atomic E-state index is 0.143. The van der Waals surface area contributed by atoms with Crippen LogP contribution in [0.15, 0.2) is 24.3 Å². The van der Waals surface area contributed by atoms with Gasteiger partial charge in [0, 0.05) is 10.6 Å². The number of carbonyl (C=O) groups is 4. The molecule has 0 aliphatic carbocycles. The second-order valence-electron chi connectivity index (χ2n) is 5.80. The summed E-state index contributed by atoms with van der Waals surface area (Å²) in [5.41, 5.74) is 0.333. The van der Waals surface area contributed by atoms with Crippen molar-refractivity contribution in [3.8, 4) is 0 Å². The summed E-state index contributed by atoms with van der Waals surface area (Å²) in [7, 11) is 1.23. The van der Waals surface area contributed by atoms with Gasteiger partial charge in [-0.3, -0.25) is 14.4 Å². The van der Waals surface area contributed by atoms with E-state index in [0.717, 1.165) is 0 Å². The van der Waals surface area contributed by atoms with Gasteiger partial charge in [0.05, 0.1) is 7.11 Å². The van der Waals surface area contributed by atoms with Crippen LogP contribution in [0.2, 0.25) is 5.02 Å². The van der Waals surface area contributed by atoms with Crippen LogP contribution in [0.1, 0.15) is 30.6 Å². The fraction of sp³-hybridized carbons (Fsp3) is 0.444. The van der Waals surface area contributed by atoms with Crippen molar-refractivity contribution in [3.05, 3.63) is 34.9 Å². The molecule has 148 valence electrons. The van der Waals surface area contributed by atoms with Crippen LogP contribution in [0.5, 0.6) is 0 Å². The first-order chi connectivity index (χ1) is 12.8. The average Bonchev–Trinajstić information content (AvgIpc) is 2.67. The first-order valence-corrected chi connectivity index (χ1v) is 8.72. The minimum Gasteiger partial charge on any atom is -0.467 e. The number of halogens is 1. The molecule has 8 nitrogen and oxygen atoms in total. The van der Waals surface area contributed by atoms with Crippen molar-refractivity contribution in [1.82, 2.24) is 10.6 Å². The van der Waals surface area contributed by atoms with Crippen molar-refractivity contribution in [2.75, 3.05) is 20.3 Å². The number of hydrogen-bond acceptors (Lipinski definition) is 6. The first-order valence-electron chi connectivity index (χ1n) is 8.35. The van der Waals surface area contributed by atoms with Crippen molar-refractivity contribution in [1.29, 1.82) is 0 Å². The lowest BCUT2D eigenvalue weighted by molar-refractivity contribution is -0.150. The van der Waals surface area contributed by atoms with Crippen molar-refractivity contribution >= 4 is 35.4 Å². The SMILES string of the molecule is CC[C@@H](C)[C@@H](NC(=O)COC(=O)CNC(=O)c1ccc(Cl)cc1)C(=O)OC. The summed E-state index contributed by atoms with van der Waals surface area (Å²) in [6.45, 7) is 2.69. The first kappa shape index (κ1) is 22.4. The summed E-state index contributed by atoms with van der Waals surface area (Å²) in [5, 5.41) is 5.34. The fourth-order valence-corrected chi connectivity index (χ4v) is 2.19. The Hall–Kier alpha value is -2.61. The number of amides is 2. The zero-order valence-corrected chi connectivity index (χ0v) is 16.2. The standard InChI is InChI=1S/C18H23ClN2O6/c1-4-11(2)16(18(25)26-3)21-14(22)10-27-15(23)9-20-17(24)12-5-7-13(19)8-6-12/h5-8,11,16H,4,9-10H2,1-3H3,(H,20,24)(H,21,22)/t11-,16-/m1/s1. The predicted molar refractivity (Wildman–Crippen MR) is 98.1 cm³/mol. The van der Waals surface area contributed by atoms with E-state index < -0.39 is 42.9 Å². The van der Waals surface area contributed by atoms with Gasteiger partial charge in [0.25, 0.3) is 11.8 Å². The molecule has 0 aliphatic heterocycles. The van der Waals surface area contributed by atoms with Gasteiger partial charge >= 0.3 is 11.9 Å². The number of esters is 2. The molecule has 0 saturated carbocycles. The summed E-state index contributed by atoms with van der Waals surface area (Å²) >= 11 is 5.74. The van der Waals surface area contributed by atoms with Crippen LogP contribution in [0, 0.1) is 5.92 Å². The monoisotopic (exact) mass is 398 g/mol. The van der Waals surface area contributed by atoms with Crippen molar-refractivity contribution in [2.24, 2.45) is 5.92 Å². The van der Waals surface area contributed by atoms with Gasteiger partial charge in [-0.25, -0.2) is 4.79 Å². The molecule has 1 aromatic rings. The Bertz CT molecular complexity index is 677. The molecule has 2 N–H and O–H groups in total. The van der Waals surface area contributed by atoms with Gasteiger partial charge in [0.2, 0.25) is 0 Å². The van der Waals surface area contributed by atoms with E-state index in [1.807, 2.05) is 6.92 Å². The third kappa shape index (κ3) is 7.65. The fourth-order valence-electron chi connectivity index (χ4n) is 2.06. The number of benzene rings is 1. The second-order valence-corrected chi connectivity index (χ2v) is 6.24. The van der Waals surface area contributed by atoms with Gasteiger partial charge in [0.15, 0.2) is 6.61 Å². The lowest BCUT2D eigenvalue weighted by Crippen LogP contribution is -2.47. The van der Waals surface area contributed by atoms with E-state index >= 15 is 0 Å². The molecule has 0 aliphatic rings. The van der Waals surface area contributed by atoms with E-state index in [4.69, 9.17) is 16.3 Å². The highest BCUT2D eigenvalue weighted by Gasteiger charge is 2.26. The largest absolute Gasteiger partial charge is 0.467 e. The summed E-state index contributed by atoms with van der Waals surface area (Å²) in [5.74, 6) is -2.61. The summed E-state index contributed by atoms with van der Waals surface area (Å²) in [6.07, 6.45) is 0.649. The van der Waals surface area contributed by atoms with E-state index in [1.54, 1.807) is 19.1 Å². The molecular weight excluding hydrogens is 376 g/mol. The van der Waals surface area contributed by atoms with Crippen LogP contribution in [-0.4, -0.2) is 50.1 Å². The van der Waals surface area contributed by atoms with E-state index in [1.165, 1.54) is 19.2 Å². The van der Waals surface area contributed by atoms with Crippen molar-refractivity contribution in [3.63, 3.8) is 0 Å². The summed E-state index contributed by atoms with van der Waals surface area (Å²) in [6, 6.07) is 5.30. The number of methoxy groups -OCH3 is 1. The number of carbonyl (C=O) groups excluding carboxylic acids is 4. The van der Waals surface area contributed by atoms with Gasteiger partial charge in [-0.2, -0.15) is 0 Å². The quantitative estimate of drug-likeness (QED) is 0.607. The Labute approximate surface area is 162 Å². The van der Waals surface area contributed by atoms with Gasteiger partial charge < -0.3 is 20.1 Å². The van der Waals surface area contributed by atoms with Gasteiger partial charge in [-0.1, -0.05) is 31.9 Å². The van der Waals surface area contributed by atoms with Crippen molar-refractivity contribution < 1.29 is 28.7 Å². The zero-order valence-electron chi connectivity index (χ0n) is 15.4. The minimum atomic E-state index is -0.823. The average molecular weight is 399 g/mol. The Kier molecular flexibility index (Phi) is 9.29. The number of ether oxygens (including phenoxy) is 2. The predicted octanol–water partition coefficient (Wildman–Crippen LogP) is 1.32. The third-order valence-corrected chi connectivity index (χ3v) is 4.10. The Balaban J connectivity index is 2.42. The molecule has 0 unspecified atom stereocenters. The molecule has 9 heteroatoms. The third-order valence-electron chi connectivity index (χ3n) is 3.85. The lowest BCUT2D eigenvalue weighted by atomic mass is 9.99. The normalized spacial score (nSPS) is 12.4. The molecule has 27 heavy (non-hydrogen) atoms. The summed E-state index contributed by atoms with van der Waals surface area (Å²) in [4.78, 5) is 47.2. The molecule has 2 amide bonds. The highest BCUT2D eigenvalue weighted by molar-refractivity contribution is 6.30. The Morgan fingerprint density at radius 1 is 1.15 bits per heavy atom. The molecule has 1 rings (SSSR count). The zero-order chi connectivity index (χ0) is 20.4.